The highest BCUT2D eigenvalue weighted by Gasteiger charge is 2.10. The fourth-order valence-corrected chi connectivity index (χ4v) is 3.05. The van der Waals surface area contributed by atoms with Crippen LogP contribution in [-0.4, -0.2) is 12.0 Å². The van der Waals surface area contributed by atoms with E-state index < -0.39 is 0 Å². The van der Waals surface area contributed by atoms with E-state index in [0.29, 0.717) is 12.1 Å². The maximum atomic E-state index is 13.8. The van der Waals surface area contributed by atoms with E-state index in [0.717, 1.165) is 15.6 Å². The molecule has 0 aliphatic rings. The summed E-state index contributed by atoms with van der Waals surface area (Å²) in [6.07, 6.45) is 0. The minimum Gasteiger partial charge on any atom is -0.316 e. The molecule has 0 bridgehead atoms. The summed E-state index contributed by atoms with van der Waals surface area (Å²) in [7, 11) is 1.82. The van der Waals surface area contributed by atoms with Gasteiger partial charge in [0, 0.05) is 22.7 Å². The maximum Gasteiger partial charge on any atom is 0.128 e. The molecular weight excluding hydrogens is 259 g/mol. The zero-order valence-corrected chi connectivity index (χ0v) is 12.1. The summed E-state index contributed by atoms with van der Waals surface area (Å²) in [4.78, 5) is 5.39. The third-order valence-corrected chi connectivity index (χ3v) is 3.74. The van der Waals surface area contributed by atoms with E-state index in [4.69, 9.17) is 0 Å². The molecule has 0 fully saturated rings. The molecule has 2 aromatic rings. The van der Waals surface area contributed by atoms with E-state index in [2.05, 4.69) is 10.3 Å². The highest BCUT2D eigenvalue weighted by Crippen LogP contribution is 2.31. The Bertz CT molecular complexity index is 564. The lowest BCUT2D eigenvalue weighted by Crippen LogP contribution is -2.08. The molecule has 0 spiro atoms. The Labute approximate surface area is 117 Å². The van der Waals surface area contributed by atoms with Gasteiger partial charge >= 0.3 is 0 Å². The lowest BCUT2D eigenvalue weighted by Gasteiger charge is -2.10. The smallest absolute Gasteiger partial charge is 0.128 e. The minimum atomic E-state index is -0.177. The first-order valence-electron chi connectivity index (χ1n) is 6.15. The molecule has 19 heavy (non-hydrogen) atoms. The van der Waals surface area contributed by atoms with Crippen molar-refractivity contribution in [3.8, 4) is 0 Å². The number of hydrogen-bond donors (Lipinski definition) is 1. The first kappa shape index (κ1) is 14.0. The predicted molar refractivity (Wildman–Crippen MR) is 77.0 cm³/mol. The van der Waals surface area contributed by atoms with E-state index in [1.54, 1.807) is 6.07 Å². The van der Waals surface area contributed by atoms with Crippen LogP contribution in [0.2, 0.25) is 0 Å². The highest BCUT2D eigenvalue weighted by atomic mass is 32.2. The molecule has 0 atom stereocenters. The number of nitrogens with zero attached hydrogens (tertiary/aromatic N) is 1. The number of rotatable bonds is 4. The van der Waals surface area contributed by atoms with Crippen molar-refractivity contribution in [1.82, 2.24) is 10.3 Å². The molecule has 0 saturated carbocycles. The van der Waals surface area contributed by atoms with Gasteiger partial charge in [-0.05, 0) is 50.7 Å². The van der Waals surface area contributed by atoms with Crippen molar-refractivity contribution in [3.05, 3.63) is 53.0 Å². The standard InChI is InChI=1S/C15H17FN2S/c1-10-7-11(2)18-15(8-10)19-14-6-4-5-13(16)12(14)9-17-3/h4-8,17H,9H2,1-3H3. The van der Waals surface area contributed by atoms with E-state index in [1.165, 1.54) is 23.4 Å². The van der Waals surface area contributed by atoms with Crippen molar-refractivity contribution in [2.45, 2.75) is 30.3 Å². The van der Waals surface area contributed by atoms with Crippen LogP contribution in [0.4, 0.5) is 4.39 Å². The van der Waals surface area contributed by atoms with Crippen molar-refractivity contribution in [2.24, 2.45) is 0 Å². The summed E-state index contributed by atoms with van der Waals surface area (Å²) >= 11 is 1.51. The van der Waals surface area contributed by atoms with Crippen LogP contribution in [-0.2, 0) is 6.54 Å². The third-order valence-electron chi connectivity index (χ3n) is 2.72. The molecule has 2 nitrogen and oxygen atoms in total. The number of aryl methyl sites for hydroxylation is 2. The Morgan fingerprint density at radius 2 is 2.05 bits per heavy atom. The summed E-state index contributed by atoms with van der Waals surface area (Å²) < 4.78 is 13.8. The highest BCUT2D eigenvalue weighted by molar-refractivity contribution is 7.99. The molecule has 1 heterocycles. The lowest BCUT2D eigenvalue weighted by molar-refractivity contribution is 0.593. The molecule has 1 N–H and O–H groups in total. The van der Waals surface area contributed by atoms with Gasteiger partial charge in [0.05, 0.1) is 0 Å². The zero-order valence-electron chi connectivity index (χ0n) is 11.3. The van der Waals surface area contributed by atoms with E-state index >= 15 is 0 Å². The lowest BCUT2D eigenvalue weighted by atomic mass is 10.2. The summed E-state index contributed by atoms with van der Waals surface area (Å²) in [6.45, 7) is 4.52. The third kappa shape index (κ3) is 3.55. The van der Waals surface area contributed by atoms with Crippen LogP contribution in [0.5, 0.6) is 0 Å². The number of pyridine rings is 1. The summed E-state index contributed by atoms with van der Waals surface area (Å²) in [5, 5.41) is 3.90. The Balaban J connectivity index is 2.34. The normalized spacial score (nSPS) is 10.7. The number of benzene rings is 1. The second kappa shape index (κ2) is 6.17. The van der Waals surface area contributed by atoms with Gasteiger partial charge in [-0.15, -0.1) is 0 Å². The van der Waals surface area contributed by atoms with Gasteiger partial charge in [-0.2, -0.15) is 0 Å². The molecule has 0 saturated heterocycles. The fourth-order valence-electron chi connectivity index (χ4n) is 1.95. The van der Waals surface area contributed by atoms with Crippen molar-refractivity contribution in [2.75, 3.05) is 7.05 Å². The van der Waals surface area contributed by atoms with Gasteiger partial charge in [-0.25, -0.2) is 9.37 Å². The quantitative estimate of drug-likeness (QED) is 0.921. The van der Waals surface area contributed by atoms with Gasteiger partial charge in [0.15, 0.2) is 0 Å². The molecule has 0 aliphatic heterocycles. The number of halogens is 1. The molecule has 0 unspecified atom stereocenters. The SMILES string of the molecule is CNCc1c(F)cccc1Sc1cc(C)cc(C)n1. The Hall–Kier alpha value is -1.39. The van der Waals surface area contributed by atoms with Crippen molar-refractivity contribution in [3.63, 3.8) is 0 Å². The molecule has 0 aliphatic carbocycles. The van der Waals surface area contributed by atoms with Crippen LogP contribution in [0.25, 0.3) is 0 Å². The molecule has 2 rings (SSSR count). The van der Waals surface area contributed by atoms with Crippen molar-refractivity contribution in [1.29, 1.82) is 0 Å². The minimum absolute atomic E-state index is 0.177. The van der Waals surface area contributed by atoms with E-state index in [1.807, 2.05) is 39.1 Å². The number of nitrogens with one attached hydrogen (secondary N) is 1. The average molecular weight is 276 g/mol. The van der Waals surface area contributed by atoms with Crippen LogP contribution in [0, 0.1) is 19.7 Å². The van der Waals surface area contributed by atoms with Crippen LogP contribution in [0.1, 0.15) is 16.8 Å². The summed E-state index contributed by atoms with van der Waals surface area (Å²) in [6, 6.07) is 9.21. The maximum absolute atomic E-state index is 13.8. The first-order valence-corrected chi connectivity index (χ1v) is 6.97. The molecule has 1 aromatic carbocycles. The second-order valence-electron chi connectivity index (χ2n) is 4.47. The van der Waals surface area contributed by atoms with Crippen LogP contribution < -0.4 is 5.32 Å². The number of aromatic nitrogens is 1. The van der Waals surface area contributed by atoms with E-state index in [9.17, 15) is 4.39 Å². The molecule has 4 heteroatoms. The van der Waals surface area contributed by atoms with Crippen molar-refractivity contribution >= 4 is 11.8 Å². The number of hydrogen-bond acceptors (Lipinski definition) is 3. The summed E-state index contributed by atoms with van der Waals surface area (Å²) in [5.41, 5.74) is 2.84. The molecule has 0 radical (unpaired) electrons. The van der Waals surface area contributed by atoms with Gasteiger partial charge in [0.1, 0.15) is 10.8 Å². The van der Waals surface area contributed by atoms with Crippen molar-refractivity contribution < 1.29 is 4.39 Å². The zero-order chi connectivity index (χ0) is 13.8. The van der Waals surface area contributed by atoms with Gasteiger partial charge in [-0.1, -0.05) is 17.8 Å². The molecular formula is C15H17FN2S. The van der Waals surface area contributed by atoms with Crippen LogP contribution >= 0.6 is 11.8 Å². The van der Waals surface area contributed by atoms with Gasteiger partial charge in [0.2, 0.25) is 0 Å². The topological polar surface area (TPSA) is 24.9 Å². The Morgan fingerprint density at radius 3 is 2.74 bits per heavy atom. The molecule has 0 amide bonds. The first-order chi connectivity index (χ1) is 9.10. The summed E-state index contributed by atoms with van der Waals surface area (Å²) in [5.74, 6) is -0.177. The van der Waals surface area contributed by atoms with Gasteiger partial charge in [-0.3, -0.25) is 0 Å². The fraction of sp³-hybridized carbons (Fsp3) is 0.267. The largest absolute Gasteiger partial charge is 0.316 e. The Morgan fingerprint density at radius 1 is 1.26 bits per heavy atom. The second-order valence-corrected chi connectivity index (χ2v) is 5.54. The van der Waals surface area contributed by atoms with Crippen LogP contribution in [0.15, 0.2) is 40.3 Å². The van der Waals surface area contributed by atoms with Gasteiger partial charge < -0.3 is 5.32 Å². The molecule has 1 aromatic heterocycles. The predicted octanol–water partition coefficient (Wildman–Crippen LogP) is 3.71. The van der Waals surface area contributed by atoms with E-state index in [-0.39, 0.29) is 5.82 Å². The van der Waals surface area contributed by atoms with Gasteiger partial charge in [0.25, 0.3) is 0 Å². The Kier molecular flexibility index (Phi) is 4.56. The monoisotopic (exact) mass is 276 g/mol. The molecule has 100 valence electrons. The van der Waals surface area contributed by atoms with Crippen LogP contribution in [0.3, 0.4) is 0 Å². The average Bonchev–Trinajstić information content (AvgIpc) is 2.32.